The van der Waals surface area contributed by atoms with Gasteiger partial charge in [-0.25, -0.2) is 4.79 Å². The molecule has 5 heteroatoms. The van der Waals surface area contributed by atoms with Crippen LogP contribution in [0, 0.1) is 11.3 Å². The first-order valence-electron chi connectivity index (χ1n) is 7.00. The van der Waals surface area contributed by atoms with Crippen LogP contribution in [0.5, 0.6) is 0 Å². The van der Waals surface area contributed by atoms with E-state index in [1.807, 2.05) is 45.9 Å². The van der Waals surface area contributed by atoms with E-state index in [2.05, 4.69) is 16.7 Å². The summed E-state index contributed by atoms with van der Waals surface area (Å²) in [5, 5.41) is 15.0. The van der Waals surface area contributed by atoms with Gasteiger partial charge in [-0.05, 0) is 39.3 Å². The SMILES string of the molecule is CC(CNC(=O)OC(C)(C)C)NCc1ccccc1C#N. The standard InChI is InChI=1S/C16H23N3O2/c1-12(10-19-15(20)21-16(2,3)4)18-11-14-8-6-5-7-13(14)9-17/h5-8,12,18H,10-11H2,1-4H3,(H,19,20). The van der Waals surface area contributed by atoms with E-state index in [4.69, 9.17) is 10.00 Å². The van der Waals surface area contributed by atoms with Gasteiger partial charge in [0.2, 0.25) is 0 Å². The highest BCUT2D eigenvalue weighted by atomic mass is 16.6. The monoisotopic (exact) mass is 289 g/mol. The van der Waals surface area contributed by atoms with Crippen molar-refractivity contribution in [2.24, 2.45) is 0 Å². The highest BCUT2D eigenvalue weighted by molar-refractivity contribution is 5.67. The highest BCUT2D eigenvalue weighted by Crippen LogP contribution is 2.07. The Labute approximate surface area is 126 Å². The lowest BCUT2D eigenvalue weighted by molar-refractivity contribution is 0.0523. The first-order chi connectivity index (χ1) is 9.81. The molecule has 0 bridgehead atoms. The Morgan fingerprint density at radius 1 is 1.38 bits per heavy atom. The second kappa shape index (κ2) is 7.65. The largest absolute Gasteiger partial charge is 0.444 e. The van der Waals surface area contributed by atoms with Gasteiger partial charge in [-0.2, -0.15) is 5.26 Å². The molecule has 0 aliphatic heterocycles. The van der Waals surface area contributed by atoms with Gasteiger partial charge in [0.15, 0.2) is 0 Å². The van der Waals surface area contributed by atoms with Crippen LogP contribution in [-0.4, -0.2) is 24.3 Å². The van der Waals surface area contributed by atoms with Crippen LogP contribution in [0.15, 0.2) is 24.3 Å². The predicted molar refractivity (Wildman–Crippen MR) is 81.7 cm³/mol. The van der Waals surface area contributed by atoms with Gasteiger partial charge in [-0.15, -0.1) is 0 Å². The van der Waals surface area contributed by atoms with Crippen molar-refractivity contribution in [2.75, 3.05) is 6.54 Å². The summed E-state index contributed by atoms with van der Waals surface area (Å²) in [5.41, 5.74) is 1.12. The third-order valence-electron chi connectivity index (χ3n) is 2.73. The second-order valence-electron chi connectivity index (χ2n) is 5.93. The molecule has 0 saturated heterocycles. The number of nitriles is 1. The fourth-order valence-corrected chi connectivity index (χ4v) is 1.69. The van der Waals surface area contributed by atoms with E-state index >= 15 is 0 Å². The van der Waals surface area contributed by atoms with Crippen molar-refractivity contribution in [1.82, 2.24) is 10.6 Å². The first kappa shape index (κ1) is 17.0. The van der Waals surface area contributed by atoms with E-state index in [1.165, 1.54) is 0 Å². The van der Waals surface area contributed by atoms with E-state index in [0.29, 0.717) is 18.7 Å². The third-order valence-corrected chi connectivity index (χ3v) is 2.73. The summed E-state index contributed by atoms with van der Waals surface area (Å²) in [4.78, 5) is 11.5. The Hall–Kier alpha value is -2.06. The molecule has 0 aliphatic rings. The molecule has 0 radical (unpaired) electrons. The van der Waals surface area contributed by atoms with E-state index in [1.54, 1.807) is 6.07 Å². The summed E-state index contributed by atoms with van der Waals surface area (Å²) in [6.07, 6.45) is -0.423. The Morgan fingerprint density at radius 3 is 2.67 bits per heavy atom. The van der Waals surface area contributed by atoms with Crippen LogP contribution in [0.2, 0.25) is 0 Å². The first-order valence-corrected chi connectivity index (χ1v) is 7.00. The molecule has 21 heavy (non-hydrogen) atoms. The third kappa shape index (κ3) is 6.77. The van der Waals surface area contributed by atoms with Crippen LogP contribution in [0.3, 0.4) is 0 Å². The lowest BCUT2D eigenvalue weighted by Gasteiger charge is -2.21. The van der Waals surface area contributed by atoms with Crippen LogP contribution < -0.4 is 10.6 Å². The fourth-order valence-electron chi connectivity index (χ4n) is 1.69. The molecular formula is C16H23N3O2. The molecule has 0 heterocycles. The number of carbonyl (C=O) groups is 1. The number of hydrogen-bond acceptors (Lipinski definition) is 4. The number of benzene rings is 1. The zero-order chi connectivity index (χ0) is 15.9. The van der Waals surface area contributed by atoms with Crippen molar-refractivity contribution in [3.63, 3.8) is 0 Å². The maximum Gasteiger partial charge on any atom is 0.407 e. The Bertz CT molecular complexity index is 515. The summed E-state index contributed by atoms with van der Waals surface area (Å²) in [7, 11) is 0. The number of carbonyl (C=O) groups excluding carboxylic acids is 1. The molecule has 5 nitrogen and oxygen atoms in total. The van der Waals surface area contributed by atoms with Gasteiger partial charge in [0.25, 0.3) is 0 Å². The van der Waals surface area contributed by atoms with E-state index in [9.17, 15) is 4.79 Å². The number of amides is 1. The molecule has 2 N–H and O–H groups in total. The predicted octanol–water partition coefficient (Wildman–Crippen LogP) is 2.56. The summed E-state index contributed by atoms with van der Waals surface area (Å²) in [5.74, 6) is 0. The highest BCUT2D eigenvalue weighted by Gasteiger charge is 2.16. The lowest BCUT2D eigenvalue weighted by atomic mass is 10.1. The molecule has 1 amide bonds. The summed E-state index contributed by atoms with van der Waals surface area (Å²) in [6.45, 7) is 8.49. The smallest absolute Gasteiger partial charge is 0.407 e. The molecule has 0 aliphatic carbocycles. The van der Waals surface area contributed by atoms with Crippen molar-refractivity contribution in [1.29, 1.82) is 5.26 Å². The maximum absolute atomic E-state index is 11.5. The van der Waals surface area contributed by atoms with Crippen molar-refractivity contribution < 1.29 is 9.53 Å². The molecule has 0 aromatic heterocycles. The van der Waals surface area contributed by atoms with E-state index in [0.717, 1.165) is 5.56 Å². The van der Waals surface area contributed by atoms with Gasteiger partial charge < -0.3 is 15.4 Å². The van der Waals surface area contributed by atoms with Gasteiger partial charge in [0, 0.05) is 19.1 Å². The van der Waals surface area contributed by atoms with Gasteiger partial charge in [-0.1, -0.05) is 18.2 Å². The number of rotatable bonds is 5. The second-order valence-corrected chi connectivity index (χ2v) is 5.93. The van der Waals surface area contributed by atoms with Gasteiger partial charge in [0.05, 0.1) is 11.6 Å². The lowest BCUT2D eigenvalue weighted by Crippen LogP contribution is -2.41. The summed E-state index contributed by atoms with van der Waals surface area (Å²) >= 11 is 0. The molecule has 1 atom stereocenters. The molecule has 1 aromatic carbocycles. The molecule has 114 valence electrons. The average molecular weight is 289 g/mol. The van der Waals surface area contributed by atoms with Crippen molar-refractivity contribution in [2.45, 2.75) is 45.9 Å². The minimum atomic E-state index is -0.494. The average Bonchev–Trinajstić information content (AvgIpc) is 2.41. The molecular weight excluding hydrogens is 266 g/mol. The van der Waals surface area contributed by atoms with Crippen LogP contribution in [0.25, 0.3) is 0 Å². The minimum Gasteiger partial charge on any atom is -0.444 e. The van der Waals surface area contributed by atoms with Crippen molar-refractivity contribution in [3.8, 4) is 6.07 Å². The molecule has 0 spiro atoms. The molecule has 1 rings (SSSR count). The molecule has 0 saturated carbocycles. The normalized spacial score (nSPS) is 12.3. The summed E-state index contributed by atoms with van der Waals surface area (Å²) < 4.78 is 5.17. The van der Waals surface area contributed by atoms with Crippen LogP contribution in [0.4, 0.5) is 4.79 Å². The number of hydrogen-bond donors (Lipinski definition) is 2. The molecule has 1 aromatic rings. The number of ether oxygens (including phenoxy) is 1. The fraction of sp³-hybridized carbons (Fsp3) is 0.500. The molecule has 1 unspecified atom stereocenters. The maximum atomic E-state index is 11.5. The van der Waals surface area contributed by atoms with Crippen LogP contribution in [-0.2, 0) is 11.3 Å². The number of nitrogens with one attached hydrogen (secondary N) is 2. The van der Waals surface area contributed by atoms with Gasteiger partial charge in [0.1, 0.15) is 5.60 Å². The summed E-state index contributed by atoms with van der Waals surface area (Å²) in [6, 6.07) is 9.69. The topological polar surface area (TPSA) is 74.2 Å². The van der Waals surface area contributed by atoms with E-state index in [-0.39, 0.29) is 6.04 Å². The van der Waals surface area contributed by atoms with Crippen LogP contribution in [0.1, 0.15) is 38.8 Å². The van der Waals surface area contributed by atoms with Gasteiger partial charge in [-0.3, -0.25) is 0 Å². The number of nitrogens with zero attached hydrogens (tertiary/aromatic N) is 1. The Balaban J connectivity index is 2.36. The Morgan fingerprint density at radius 2 is 2.05 bits per heavy atom. The zero-order valence-electron chi connectivity index (χ0n) is 13.1. The number of alkyl carbamates (subject to hydrolysis) is 1. The van der Waals surface area contributed by atoms with E-state index < -0.39 is 11.7 Å². The van der Waals surface area contributed by atoms with Crippen molar-refractivity contribution in [3.05, 3.63) is 35.4 Å². The quantitative estimate of drug-likeness (QED) is 0.873. The minimum absolute atomic E-state index is 0.0734. The van der Waals surface area contributed by atoms with Crippen molar-refractivity contribution >= 4 is 6.09 Å². The zero-order valence-corrected chi connectivity index (χ0v) is 13.1. The Kier molecular flexibility index (Phi) is 6.19. The molecule has 0 fully saturated rings. The van der Waals surface area contributed by atoms with Crippen LogP contribution >= 0.6 is 0 Å². The van der Waals surface area contributed by atoms with Gasteiger partial charge >= 0.3 is 6.09 Å².